The molecule has 0 unspecified atom stereocenters. The maximum atomic E-state index is 6.17. The number of pyridine rings is 1. The summed E-state index contributed by atoms with van der Waals surface area (Å²) >= 11 is 13.3. The molecule has 0 N–H and O–H groups in total. The van der Waals surface area contributed by atoms with Crippen molar-refractivity contribution < 1.29 is 0 Å². The summed E-state index contributed by atoms with van der Waals surface area (Å²) in [6, 6.07) is 20.2. The van der Waals surface area contributed by atoms with Crippen molar-refractivity contribution in [3.8, 4) is 11.3 Å². The number of rotatable bonds is 3. The molecule has 0 amide bonds. The average Bonchev–Trinajstić information content (AvgIpc) is 2.93. The maximum absolute atomic E-state index is 6.17. The van der Waals surface area contributed by atoms with Gasteiger partial charge < -0.3 is 4.40 Å². The van der Waals surface area contributed by atoms with Gasteiger partial charge in [0.05, 0.1) is 11.4 Å². The lowest BCUT2D eigenvalue weighted by atomic mass is 10.0. The maximum Gasteiger partial charge on any atom is 0.137 e. The lowest BCUT2D eigenvalue weighted by molar-refractivity contribution is 1.02. The van der Waals surface area contributed by atoms with Crippen molar-refractivity contribution in [3.05, 3.63) is 92.1 Å². The highest BCUT2D eigenvalue weighted by Crippen LogP contribution is 2.29. The minimum absolute atomic E-state index is 0.747. The molecule has 0 atom stereocenters. The van der Waals surface area contributed by atoms with Gasteiger partial charge in [-0.1, -0.05) is 51.8 Å². The highest BCUT2D eigenvalue weighted by Gasteiger charge is 2.15. The molecule has 2 aromatic heterocycles. The molecule has 0 fully saturated rings. The van der Waals surface area contributed by atoms with Crippen LogP contribution in [-0.4, -0.2) is 9.38 Å². The van der Waals surface area contributed by atoms with Gasteiger partial charge in [-0.05, 0) is 57.9 Å². The van der Waals surface area contributed by atoms with Crippen LogP contribution in [0.15, 0.2) is 75.8 Å². The molecule has 0 aliphatic rings. The van der Waals surface area contributed by atoms with E-state index >= 15 is 0 Å². The molecule has 0 spiro atoms. The fourth-order valence-corrected chi connectivity index (χ4v) is 3.89. The number of hydrogen-bond donors (Lipinski definition) is 0. The van der Waals surface area contributed by atoms with Crippen molar-refractivity contribution in [2.45, 2.75) is 6.42 Å². The molecule has 25 heavy (non-hydrogen) atoms. The Morgan fingerprint density at radius 3 is 2.56 bits per heavy atom. The van der Waals surface area contributed by atoms with E-state index in [1.807, 2.05) is 42.5 Å². The first-order chi connectivity index (χ1) is 12.1. The molecule has 0 saturated heterocycles. The lowest BCUT2D eigenvalue weighted by Crippen LogP contribution is -1.97. The Morgan fingerprint density at radius 1 is 0.920 bits per heavy atom. The van der Waals surface area contributed by atoms with E-state index in [9.17, 15) is 0 Å². The Morgan fingerprint density at radius 2 is 1.76 bits per heavy atom. The Kier molecular flexibility index (Phi) is 4.67. The van der Waals surface area contributed by atoms with Gasteiger partial charge in [0.15, 0.2) is 0 Å². The summed E-state index contributed by atoms with van der Waals surface area (Å²) < 4.78 is 4.20. The third kappa shape index (κ3) is 3.52. The van der Waals surface area contributed by atoms with Gasteiger partial charge in [0.25, 0.3) is 0 Å². The highest BCUT2D eigenvalue weighted by atomic mass is 79.9. The molecule has 2 aromatic carbocycles. The molecule has 5 heteroatoms. The number of halogens is 3. The third-order valence-corrected chi connectivity index (χ3v) is 5.24. The van der Waals surface area contributed by atoms with Crippen LogP contribution < -0.4 is 0 Å². The Labute approximate surface area is 167 Å². The number of benzene rings is 2. The van der Waals surface area contributed by atoms with Gasteiger partial charge in [-0.3, -0.25) is 0 Å². The molecule has 2 nitrogen and oxygen atoms in total. The van der Waals surface area contributed by atoms with Gasteiger partial charge in [-0.15, -0.1) is 0 Å². The SMILES string of the molecule is Clc1cccc(Cc2c(-c3cccc(Br)c3)nc3ccc(Br)cn23)c1. The molecule has 0 bridgehead atoms. The summed E-state index contributed by atoms with van der Waals surface area (Å²) in [7, 11) is 0. The Balaban J connectivity index is 1.92. The van der Waals surface area contributed by atoms with Crippen molar-refractivity contribution in [1.82, 2.24) is 9.38 Å². The molecular formula is C20H13Br2ClN2. The van der Waals surface area contributed by atoms with Crippen LogP contribution in [0.4, 0.5) is 0 Å². The van der Waals surface area contributed by atoms with Gasteiger partial charge in [-0.25, -0.2) is 4.98 Å². The van der Waals surface area contributed by atoms with Gasteiger partial charge in [0.1, 0.15) is 5.65 Å². The van der Waals surface area contributed by atoms with Crippen molar-refractivity contribution in [1.29, 1.82) is 0 Å². The van der Waals surface area contributed by atoms with E-state index in [1.165, 1.54) is 0 Å². The summed E-state index contributed by atoms with van der Waals surface area (Å²) in [6.07, 6.45) is 2.81. The number of imidazole rings is 1. The van der Waals surface area contributed by atoms with Crippen LogP contribution in [0.3, 0.4) is 0 Å². The number of fused-ring (bicyclic) bond motifs is 1. The zero-order valence-electron chi connectivity index (χ0n) is 13.1. The van der Waals surface area contributed by atoms with Gasteiger partial charge in [-0.2, -0.15) is 0 Å². The molecule has 2 heterocycles. The highest BCUT2D eigenvalue weighted by molar-refractivity contribution is 9.10. The molecule has 0 saturated carbocycles. The first-order valence-electron chi connectivity index (χ1n) is 7.77. The molecular weight excluding hydrogens is 463 g/mol. The van der Waals surface area contributed by atoms with E-state index in [4.69, 9.17) is 16.6 Å². The van der Waals surface area contributed by atoms with E-state index in [0.29, 0.717) is 0 Å². The van der Waals surface area contributed by atoms with Crippen LogP contribution in [0.1, 0.15) is 11.3 Å². The van der Waals surface area contributed by atoms with Gasteiger partial charge in [0, 0.05) is 32.1 Å². The molecule has 0 radical (unpaired) electrons. The van der Waals surface area contributed by atoms with Crippen LogP contribution >= 0.6 is 43.5 Å². The second kappa shape index (κ2) is 6.94. The summed E-state index contributed by atoms with van der Waals surface area (Å²) in [4.78, 5) is 4.87. The monoisotopic (exact) mass is 474 g/mol. The number of nitrogens with zero attached hydrogens (tertiary/aromatic N) is 2. The van der Waals surface area contributed by atoms with Crippen molar-refractivity contribution >= 4 is 49.1 Å². The standard InChI is InChI=1S/C20H13Br2ClN2/c21-15-5-2-4-14(11-15)20-18(10-13-3-1-6-17(23)9-13)25-12-16(22)7-8-19(25)24-20/h1-9,11-12H,10H2. The first-order valence-corrected chi connectivity index (χ1v) is 9.73. The Bertz CT molecular complexity index is 1070. The van der Waals surface area contributed by atoms with Crippen LogP contribution in [0.5, 0.6) is 0 Å². The Hall–Kier alpha value is -1.62. The smallest absolute Gasteiger partial charge is 0.137 e. The fraction of sp³-hybridized carbons (Fsp3) is 0.0500. The predicted octanol–water partition coefficient (Wildman–Crippen LogP) is 6.77. The number of aromatic nitrogens is 2. The summed E-state index contributed by atoms with van der Waals surface area (Å²) in [5.74, 6) is 0. The summed E-state index contributed by atoms with van der Waals surface area (Å²) in [5, 5.41) is 0.747. The third-order valence-electron chi connectivity index (χ3n) is 4.04. The lowest BCUT2D eigenvalue weighted by Gasteiger charge is -2.07. The van der Waals surface area contributed by atoms with E-state index in [1.54, 1.807) is 0 Å². The molecule has 0 aliphatic carbocycles. The molecule has 124 valence electrons. The van der Waals surface area contributed by atoms with Crippen molar-refractivity contribution in [2.24, 2.45) is 0 Å². The molecule has 4 rings (SSSR count). The van der Waals surface area contributed by atoms with E-state index < -0.39 is 0 Å². The fourth-order valence-electron chi connectivity index (χ4n) is 2.94. The van der Waals surface area contributed by atoms with Gasteiger partial charge in [0.2, 0.25) is 0 Å². The molecule has 0 aliphatic heterocycles. The van der Waals surface area contributed by atoms with Crippen molar-refractivity contribution in [2.75, 3.05) is 0 Å². The second-order valence-electron chi connectivity index (χ2n) is 5.80. The van der Waals surface area contributed by atoms with E-state index in [2.05, 4.69) is 60.7 Å². The van der Waals surface area contributed by atoms with Crippen LogP contribution in [0.2, 0.25) is 5.02 Å². The minimum atomic E-state index is 0.747. The predicted molar refractivity (Wildman–Crippen MR) is 110 cm³/mol. The zero-order chi connectivity index (χ0) is 17.4. The second-order valence-corrected chi connectivity index (χ2v) is 8.07. The van der Waals surface area contributed by atoms with Crippen LogP contribution in [0.25, 0.3) is 16.9 Å². The van der Waals surface area contributed by atoms with Crippen LogP contribution in [-0.2, 0) is 6.42 Å². The summed E-state index contributed by atoms with van der Waals surface area (Å²) in [5.41, 5.74) is 5.29. The topological polar surface area (TPSA) is 17.3 Å². The summed E-state index contributed by atoms with van der Waals surface area (Å²) in [6.45, 7) is 0. The largest absolute Gasteiger partial charge is 0.302 e. The normalized spacial score (nSPS) is 11.2. The van der Waals surface area contributed by atoms with E-state index in [-0.39, 0.29) is 0 Å². The zero-order valence-corrected chi connectivity index (χ0v) is 17.0. The quantitative estimate of drug-likeness (QED) is 0.319. The minimum Gasteiger partial charge on any atom is -0.302 e. The first kappa shape index (κ1) is 16.8. The van der Waals surface area contributed by atoms with Gasteiger partial charge >= 0.3 is 0 Å². The molecule has 4 aromatic rings. The number of hydrogen-bond acceptors (Lipinski definition) is 1. The average molecular weight is 477 g/mol. The van der Waals surface area contributed by atoms with Crippen molar-refractivity contribution in [3.63, 3.8) is 0 Å². The van der Waals surface area contributed by atoms with Crippen LogP contribution in [0, 0.1) is 0 Å². The van der Waals surface area contributed by atoms with E-state index in [0.717, 1.165) is 48.6 Å².